The average molecular weight is 343 g/mol. The van der Waals surface area contributed by atoms with Crippen LogP contribution < -0.4 is 9.64 Å². The predicted molar refractivity (Wildman–Crippen MR) is 92.0 cm³/mol. The van der Waals surface area contributed by atoms with Crippen molar-refractivity contribution in [1.82, 2.24) is 4.98 Å². The van der Waals surface area contributed by atoms with Gasteiger partial charge in [-0.15, -0.1) is 0 Å². The summed E-state index contributed by atoms with van der Waals surface area (Å²) >= 11 is 1.55. The molecule has 1 aliphatic rings. The zero-order valence-electron chi connectivity index (χ0n) is 12.9. The first kappa shape index (κ1) is 15.2. The van der Waals surface area contributed by atoms with Gasteiger partial charge in [0.15, 0.2) is 5.13 Å². The van der Waals surface area contributed by atoms with Crippen molar-refractivity contribution in [3.8, 4) is 11.5 Å². The number of anilines is 1. The van der Waals surface area contributed by atoms with E-state index in [1.165, 1.54) is 12.1 Å². The molecule has 24 heavy (non-hydrogen) atoms. The van der Waals surface area contributed by atoms with Gasteiger partial charge >= 0.3 is 0 Å². The number of nitrogens with zero attached hydrogens (tertiary/aromatic N) is 2. The molecule has 1 saturated heterocycles. The van der Waals surface area contributed by atoms with E-state index in [-0.39, 0.29) is 17.7 Å². The lowest BCUT2D eigenvalue weighted by Crippen LogP contribution is -2.38. The molecule has 1 fully saturated rings. The molecule has 0 bridgehead atoms. The molecule has 0 atom stereocenters. The van der Waals surface area contributed by atoms with Crippen LogP contribution in [0.4, 0.5) is 9.52 Å². The van der Waals surface area contributed by atoms with Gasteiger partial charge in [-0.1, -0.05) is 23.5 Å². The van der Waals surface area contributed by atoms with Crippen LogP contribution in [0.2, 0.25) is 0 Å². The van der Waals surface area contributed by atoms with Crippen LogP contribution in [0.5, 0.6) is 11.5 Å². The minimum absolute atomic E-state index is 0.0284. The van der Waals surface area contributed by atoms with Gasteiger partial charge in [0.05, 0.1) is 4.70 Å². The van der Waals surface area contributed by atoms with E-state index in [1.54, 1.807) is 35.6 Å². The fourth-order valence-electron chi connectivity index (χ4n) is 2.94. The van der Waals surface area contributed by atoms with Crippen LogP contribution in [0.3, 0.4) is 0 Å². The van der Waals surface area contributed by atoms with Gasteiger partial charge in [-0.25, -0.2) is 9.37 Å². The Morgan fingerprint density at radius 1 is 1.17 bits per heavy atom. The lowest BCUT2D eigenvalue weighted by molar-refractivity contribution is 0.170. The maximum atomic E-state index is 13.2. The molecule has 0 amide bonds. The lowest BCUT2D eigenvalue weighted by Gasteiger charge is -2.31. The molecule has 0 spiro atoms. The average Bonchev–Trinajstić information content (AvgIpc) is 3.01. The molecule has 1 aromatic heterocycles. The normalized spacial score (nSPS) is 15.8. The molecule has 4 rings (SSSR count). The van der Waals surface area contributed by atoms with Crippen LogP contribution in [0.1, 0.15) is 12.8 Å². The van der Waals surface area contributed by atoms with Crippen LogP contribution in [0, 0.1) is 5.82 Å². The summed E-state index contributed by atoms with van der Waals surface area (Å²) in [5.41, 5.74) is 0.552. The molecule has 0 unspecified atom stereocenters. The highest BCUT2D eigenvalue weighted by Gasteiger charge is 2.23. The van der Waals surface area contributed by atoms with E-state index in [2.05, 4.69) is 9.88 Å². The van der Waals surface area contributed by atoms with Crippen molar-refractivity contribution in [2.24, 2.45) is 0 Å². The van der Waals surface area contributed by atoms with Gasteiger partial charge < -0.3 is 9.64 Å². The molecule has 3 aromatic rings. The summed E-state index contributed by atoms with van der Waals surface area (Å²) in [5.74, 6) is 0.261. The fraction of sp³-hybridized carbons (Fsp3) is 0.278. The maximum Gasteiger partial charge on any atom is 0.205 e. The largest absolute Gasteiger partial charge is 0.490 e. The molecule has 123 valence electrons. The first-order valence-corrected chi connectivity index (χ1v) is 8.74. The van der Waals surface area contributed by atoms with Crippen LogP contribution in [-0.4, -0.2) is 24.2 Å². The maximum absolute atomic E-state index is 13.2. The number of fused-ring (bicyclic) bond motifs is 1. The third-order valence-corrected chi connectivity index (χ3v) is 5.26. The zero-order chi connectivity index (χ0) is 16.5. The second-order valence-electron chi connectivity index (χ2n) is 5.86. The van der Waals surface area contributed by atoms with Crippen molar-refractivity contribution in [2.45, 2.75) is 18.9 Å². The van der Waals surface area contributed by atoms with Gasteiger partial charge in [0.25, 0.3) is 0 Å². The topological polar surface area (TPSA) is 45.3 Å². The molecule has 0 saturated carbocycles. The highest BCUT2D eigenvalue weighted by atomic mass is 32.1. The monoisotopic (exact) mass is 343 g/mol. The van der Waals surface area contributed by atoms with E-state index in [9.17, 15) is 9.50 Å². The second-order valence-corrected chi connectivity index (χ2v) is 6.87. The Balaban J connectivity index is 1.42. The van der Waals surface area contributed by atoms with Gasteiger partial charge in [0.1, 0.15) is 23.2 Å². The van der Waals surface area contributed by atoms with E-state index in [0.717, 1.165) is 35.8 Å². The molecule has 2 heterocycles. The Kier molecular flexibility index (Phi) is 3.98. The van der Waals surface area contributed by atoms with Crippen molar-refractivity contribution in [1.29, 1.82) is 0 Å². The van der Waals surface area contributed by atoms with E-state index in [0.29, 0.717) is 11.3 Å². The number of ether oxygens (including phenoxy) is 1. The molecular formula is C18H16FN2O2S. The highest BCUT2D eigenvalue weighted by molar-refractivity contribution is 7.22. The number of halogens is 1. The number of aromatic nitrogens is 1. The molecule has 0 N–H and O–H groups in total. The summed E-state index contributed by atoms with van der Waals surface area (Å²) in [6.07, 6.45) is 1.76. The molecular weight excluding hydrogens is 327 g/mol. The SMILES string of the molecule is [O]c1cccc2sc(N3CCC(Oc4cccc(F)c4)CC3)nc12. The number of hydrogen-bond donors (Lipinski definition) is 0. The third kappa shape index (κ3) is 3.01. The second kappa shape index (κ2) is 6.28. The molecule has 1 radical (unpaired) electrons. The van der Waals surface area contributed by atoms with E-state index in [4.69, 9.17) is 4.74 Å². The van der Waals surface area contributed by atoms with Crippen molar-refractivity contribution in [3.05, 3.63) is 48.3 Å². The predicted octanol–water partition coefficient (Wildman–Crippen LogP) is 4.63. The molecule has 4 nitrogen and oxygen atoms in total. The summed E-state index contributed by atoms with van der Waals surface area (Å²) in [4.78, 5) is 6.69. The van der Waals surface area contributed by atoms with Gasteiger partial charge in [-0.3, -0.25) is 5.11 Å². The first-order chi connectivity index (χ1) is 11.7. The Bertz CT molecular complexity index is 859. The molecule has 2 aromatic carbocycles. The Labute approximate surface area is 143 Å². The third-order valence-electron chi connectivity index (χ3n) is 4.18. The van der Waals surface area contributed by atoms with Crippen molar-refractivity contribution < 1.29 is 14.2 Å². The van der Waals surface area contributed by atoms with Crippen LogP contribution in [0.15, 0.2) is 42.5 Å². The zero-order valence-corrected chi connectivity index (χ0v) is 13.8. The number of para-hydroxylation sites is 1. The molecule has 6 heteroatoms. The number of piperidine rings is 1. The fourth-order valence-corrected chi connectivity index (χ4v) is 3.98. The highest BCUT2D eigenvalue weighted by Crippen LogP contribution is 2.35. The summed E-state index contributed by atoms with van der Waals surface area (Å²) in [5, 5.41) is 12.7. The van der Waals surface area contributed by atoms with Crippen LogP contribution in [0.25, 0.3) is 10.2 Å². The van der Waals surface area contributed by atoms with E-state index >= 15 is 0 Å². The Morgan fingerprint density at radius 3 is 2.71 bits per heavy atom. The Hall–Kier alpha value is -2.34. The number of rotatable bonds is 3. The quantitative estimate of drug-likeness (QED) is 0.697. The summed E-state index contributed by atoms with van der Waals surface area (Å²) in [6.45, 7) is 1.63. The summed E-state index contributed by atoms with van der Waals surface area (Å²) < 4.78 is 20.0. The van der Waals surface area contributed by atoms with E-state index in [1.807, 2.05) is 6.07 Å². The minimum Gasteiger partial charge on any atom is -0.490 e. The van der Waals surface area contributed by atoms with Crippen molar-refractivity contribution in [2.75, 3.05) is 18.0 Å². The Morgan fingerprint density at radius 2 is 1.96 bits per heavy atom. The number of thiazole rings is 1. The summed E-state index contributed by atoms with van der Waals surface area (Å²) in [7, 11) is 0. The first-order valence-electron chi connectivity index (χ1n) is 7.93. The van der Waals surface area contributed by atoms with Gasteiger partial charge in [-0.05, 0) is 24.3 Å². The minimum atomic E-state index is -0.284. The van der Waals surface area contributed by atoms with Crippen LogP contribution >= 0.6 is 11.3 Å². The van der Waals surface area contributed by atoms with E-state index < -0.39 is 0 Å². The lowest BCUT2D eigenvalue weighted by atomic mass is 10.1. The van der Waals surface area contributed by atoms with Gasteiger partial charge in [0.2, 0.25) is 5.75 Å². The van der Waals surface area contributed by atoms with Crippen molar-refractivity contribution >= 4 is 26.7 Å². The van der Waals surface area contributed by atoms with Gasteiger partial charge in [-0.2, -0.15) is 0 Å². The van der Waals surface area contributed by atoms with Gasteiger partial charge in [0, 0.05) is 32.0 Å². The van der Waals surface area contributed by atoms with Crippen LogP contribution in [-0.2, 0) is 5.11 Å². The standard InChI is InChI=1S/C18H16FN2O2S/c19-12-3-1-4-14(11-12)23-13-7-9-21(10-8-13)18-20-17-15(22)5-2-6-16(17)24-18/h1-6,11,13H,7-10H2. The molecule has 1 aliphatic heterocycles. The summed E-state index contributed by atoms with van der Waals surface area (Å²) in [6, 6.07) is 11.5. The smallest absolute Gasteiger partial charge is 0.205 e. The number of hydrogen-bond acceptors (Lipinski definition) is 4. The van der Waals surface area contributed by atoms with Crippen molar-refractivity contribution in [3.63, 3.8) is 0 Å². The molecule has 0 aliphatic carbocycles. The number of benzene rings is 2.